The minimum absolute atomic E-state index is 0.622. The van der Waals surface area contributed by atoms with Crippen LogP contribution in [-0.2, 0) is 0 Å². The summed E-state index contributed by atoms with van der Waals surface area (Å²) in [5, 5.41) is 3.95. The maximum Gasteiger partial charge on any atom is 0.127 e. The maximum absolute atomic E-state index is 5.63. The molecule has 0 amide bonds. The van der Waals surface area contributed by atoms with Gasteiger partial charge in [0.05, 0.1) is 7.11 Å². The van der Waals surface area contributed by atoms with Crippen molar-refractivity contribution in [3.63, 3.8) is 0 Å². The van der Waals surface area contributed by atoms with Gasteiger partial charge in [0, 0.05) is 5.30 Å². The van der Waals surface area contributed by atoms with Crippen LogP contribution in [-0.4, -0.2) is 7.11 Å². The largest absolute Gasteiger partial charge is 0.496 e. The van der Waals surface area contributed by atoms with E-state index in [1.807, 2.05) is 12.1 Å². The first-order chi connectivity index (χ1) is 11.2. The predicted molar refractivity (Wildman–Crippen MR) is 101 cm³/mol. The summed E-state index contributed by atoms with van der Waals surface area (Å²) in [4.78, 5) is 0. The van der Waals surface area contributed by atoms with Crippen molar-refractivity contribution < 1.29 is 4.74 Å². The molecule has 23 heavy (non-hydrogen) atoms. The summed E-state index contributed by atoms with van der Waals surface area (Å²) in [6.45, 7) is 4.25. The van der Waals surface area contributed by atoms with E-state index in [0.717, 1.165) is 5.75 Å². The Labute approximate surface area is 139 Å². The molecule has 0 aliphatic carbocycles. The highest BCUT2D eigenvalue weighted by molar-refractivity contribution is 7.80. The summed E-state index contributed by atoms with van der Waals surface area (Å²) in [5.41, 5.74) is 2.57. The van der Waals surface area contributed by atoms with E-state index in [-0.39, 0.29) is 0 Å². The van der Waals surface area contributed by atoms with E-state index in [2.05, 4.69) is 74.5 Å². The molecule has 0 bridgehead atoms. The van der Waals surface area contributed by atoms with E-state index < -0.39 is 7.92 Å². The van der Waals surface area contributed by atoms with Gasteiger partial charge in [0.15, 0.2) is 0 Å². The highest BCUT2D eigenvalue weighted by atomic mass is 31.1. The molecule has 2 heteroatoms. The second-order valence-corrected chi connectivity index (χ2v) is 7.86. The molecule has 0 atom stereocenters. The summed E-state index contributed by atoms with van der Waals surface area (Å²) >= 11 is 0. The first kappa shape index (κ1) is 15.8. The Morgan fingerprint density at radius 1 is 0.652 bits per heavy atom. The molecule has 0 fully saturated rings. The van der Waals surface area contributed by atoms with Crippen LogP contribution in [0.4, 0.5) is 0 Å². The maximum atomic E-state index is 5.63. The van der Waals surface area contributed by atoms with Gasteiger partial charge in [0.1, 0.15) is 5.75 Å². The number of hydrogen-bond acceptors (Lipinski definition) is 1. The van der Waals surface area contributed by atoms with Crippen LogP contribution in [0.25, 0.3) is 0 Å². The third kappa shape index (κ3) is 3.46. The topological polar surface area (TPSA) is 9.23 Å². The van der Waals surface area contributed by atoms with Crippen LogP contribution in [0.3, 0.4) is 0 Å². The number of ether oxygens (including phenoxy) is 1. The molecule has 0 heterocycles. The van der Waals surface area contributed by atoms with Gasteiger partial charge < -0.3 is 4.74 Å². The van der Waals surface area contributed by atoms with Gasteiger partial charge in [-0.15, -0.1) is 0 Å². The lowest BCUT2D eigenvalue weighted by Gasteiger charge is -2.21. The van der Waals surface area contributed by atoms with E-state index in [0.29, 0.717) is 0 Å². The highest BCUT2D eigenvalue weighted by Gasteiger charge is 2.19. The molecule has 0 N–H and O–H groups in total. The molecule has 116 valence electrons. The zero-order valence-corrected chi connectivity index (χ0v) is 14.7. The van der Waals surface area contributed by atoms with Gasteiger partial charge in [-0.2, -0.15) is 0 Å². The zero-order chi connectivity index (χ0) is 16.2. The van der Waals surface area contributed by atoms with Crippen LogP contribution < -0.4 is 20.7 Å². The van der Waals surface area contributed by atoms with Gasteiger partial charge in [-0.25, -0.2) is 0 Å². The molecule has 0 saturated heterocycles. The van der Waals surface area contributed by atoms with Crippen molar-refractivity contribution in [2.75, 3.05) is 7.11 Å². The summed E-state index contributed by atoms with van der Waals surface area (Å²) in [6.07, 6.45) is 0. The third-order valence-corrected chi connectivity index (χ3v) is 6.39. The molecule has 0 saturated carbocycles. The number of aryl methyl sites for hydroxylation is 2. The molecule has 0 unspecified atom stereocenters. The molecule has 0 aliphatic heterocycles. The number of hydrogen-bond donors (Lipinski definition) is 0. The van der Waals surface area contributed by atoms with Crippen LogP contribution in [0.1, 0.15) is 11.1 Å². The minimum atomic E-state index is -0.622. The summed E-state index contributed by atoms with van der Waals surface area (Å²) < 4.78 is 5.63. The Morgan fingerprint density at radius 2 is 1.13 bits per heavy atom. The van der Waals surface area contributed by atoms with Crippen molar-refractivity contribution >= 4 is 23.8 Å². The van der Waals surface area contributed by atoms with Gasteiger partial charge in [-0.1, -0.05) is 77.9 Å². The fraction of sp³-hybridized carbons (Fsp3) is 0.143. The lowest BCUT2D eigenvalue weighted by Crippen LogP contribution is -2.22. The summed E-state index contributed by atoms with van der Waals surface area (Å²) in [5.74, 6) is 0.958. The van der Waals surface area contributed by atoms with Crippen LogP contribution in [0.2, 0.25) is 0 Å². The molecule has 1 nitrogen and oxygen atoms in total. The van der Waals surface area contributed by atoms with Crippen molar-refractivity contribution in [3.8, 4) is 5.75 Å². The van der Waals surface area contributed by atoms with E-state index in [1.165, 1.54) is 27.0 Å². The fourth-order valence-corrected chi connectivity index (χ4v) is 5.00. The molecule has 3 rings (SSSR count). The van der Waals surface area contributed by atoms with Crippen molar-refractivity contribution in [1.82, 2.24) is 0 Å². The standard InChI is InChI=1S/C21H21OP/c1-16-8-12-18(13-9-16)23(19-14-10-17(2)11-15-19)21-7-5-4-6-20(21)22-3/h4-15H,1-3H3. The molecule has 0 aliphatic rings. The van der Waals surface area contributed by atoms with Gasteiger partial charge in [0.25, 0.3) is 0 Å². The Morgan fingerprint density at radius 3 is 1.61 bits per heavy atom. The molecule has 0 spiro atoms. The smallest absolute Gasteiger partial charge is 0.127 e. The molecule has 3 aromatic rings. The average molecular weight is 320 g/mol. The van der Waals surface area contributed by atoms with Gasteiger partial charge in [-0.3, -0.25) is 0 Å². The number of para-hydroxylation sites is 1. The average Bonchev–Trinajstić information content (AvgIpc) is 2.59. The van der Waals surface area contributed by atoms with E-state index in [4.69, 9.17) is 4.74 Å². The second-order valence-electron chi connectivity index (χ2n) is 5.68. The van der Waals surface area contributed by atoms with E-state index in [1.54, 1.807) is 7.11 Å². The predicted octanol–water partition coefficient (Wildman–Crippen LogP) is 4.07. The Hall–Kier alpha value is -2.11. The van der Waals surface area contributed by atoms with Gasteiger partial charge in [-0.05, 0) is 38.4 Å². The van der Waals surface area contributed by atoms with Gasteiger partial charge >= 0.3 is 0 Å². The first-order valence-corrected chi connectivity index (χ1v) is 9.09. The number of rotatable bonds is 4. The van der Waals surface area contributed by atoms with Crippen molar-refractivity contribution in [1.29, 1.82) is 0 Å². The van der Waals surface area contributed by atoms with Crippen molar-refractivity contribution in [2.24, 2.45) is 0 Å². The minimum Gasteiger partial charge on any atom is -0.496 e. The monoisotopic (exact) mass is 320 g/mol. The van der Waals surface area contributed by atoms with Crippen LogP contribution in [0.15, 0.2) is 72.8 Å². The lowest BCUT2D eigenvalue weighted by molar-refractivity contribution is 0.418. The molecule has 0 aromatic heterocycles. The van der Waals surface area contributed by atoms with Crippen LogP contribution in [0.5, 0.6) is 5.75 Å². The van der Waals surface area contributed by atoms with Gasteiger partial charge in [0.2, 0.25) is 0 Å². The SMILES string of the molecule is COc1ccccc1P(c1ccc(C)cc1)c1ccc(C)cc1. The van der Waals surface area contributed by atoms with Crippen molar-refractivity contribution in [3.05, 3.63) is 83.9 Å². The lowest BCUT2D eigenvalue weighted by atomic mass is 10.2. The second kappa shape index (κ2) is 6.98. The molecular weight excluding hydrogens is 299 g/mol. The molecular formula is C21H21OP. The number of benzene rings is 3. The normalized spacial score (nSPS) is 10.8. The highest BCUT2D eigenvalue weighted by Crippen LogP contribution is 2.36. The molecule has 3 aromatic carbocycles. The Bertz CT molecular complexity index is 730. The third-order valence-electron chi connectivity index (χ3n) is 3.91. The molecule has 0 radical (unpaired) electrons. The first-order valence-electron chi connectivity index (χ1n) is 7.75. The Balaban J connectivity index is 2.17. The van der Waals surface area contributed by atoms with E-state index in [9.17, 15) is 0 Å². The summed E-state index contributed by atoms with van der Waals surface area (Å²) in [7, 11) is 1.12. The Kier molecular flexibility index (Phi) is 4.79. The van der Waals surface area contributed by atoms with E-state index >= 15 is 0 Å². The zero-order valence-electron chi connectivity index (χ0n) is 13.8. The fourth-order valence-electron chi connectivity index (χ4n) is 2.63. The number of methoxy groups -OCH3 is 1. The van der Waals surface area contributed by atoms with Crippen molar-refractivity contribution in [2.45, 2.75) is 13.8 Å². The quantitative estimate of drug-likeness (QED) is 0.659. The van der Waals surface area contributed by atoms with Crippen LogP contribution in [0, 0.1) is 13.8 Å². The van der Waals surface area contributed by atoms with Crippen LogP contribution >= 0.6 is 7.92 Å². The summed E-state index contributed by atoms with van der Waals surface area (Å²) in [6, 6.07) is 26.1.